The molecule has 2 nitrogen and oxygen atoms in total. The largest absolute Gasteiger partial charge is 0.310 e. The predicted octanol–water partition coefficient (Wildman–Crippen LogP) is 3.69. The SMILES string of the molecule is Cc1ccc(F)cc1-c1cncc(CNC(C)C)c1. The Morgan fingerprint density at radius 3 is 2.74 bits per heavy atom. The molecule has 19 heavy (non-hydrogen) atoms. The number of aryl methyl sites for hydroxylation is 1. The normalized spacial score (nSPS) is 11.0. The third-order valence-electron chi connectivity index (χ3n) is 3.02. The second-order valence-electron chi connectivity index (χ2n) is 5.08. The third kappa shape index (κ3) is 3.61. The van der Waals surface area contributed by atoms with Crippen LogP contribution in [0, 0.1) is 12.7 Å². The second-order valence-corrected chi connectivity index (χ2v) is 5.08. The van der Waals surface area contributed by atoms with E-state index in [4.69, 9.17) is 0 Å². The number of benzene rings is 1. The summed E-state index contributed by atoms with van der Waals surface area (Å²) in [6, 6.07) is 7.33. The summed E-state index contributed by atoms with van der Waals surface area (Å²) in [5, 5.41) is 3.35. The molecule has 0 bridgehead atoms. The van der Waals surface area contributed by atoms with E-state index < -0.39 is 0 Å². The van der Waals surface area contributed by atoms with Crippen molar-refractivity contribution in [3.05, 3.63) is 53.6 Å². The Labute approximate surface area is 113 Å². The van der Waals surface area contributed by atoms with E-state index in [1.165, 1.54) is 6.07 Å². The van der Waals surface area contributed by atoms with Gasteiger partial charge in [0.25, 0.3) is 0 Å². The molecule has 2 aromatic rings. The fourth-order valence-electron chi connectivity index (χ4n) is 1.96. The summed E-state index contributed by atoms with van der Waals surface area (Å²) in [5.74, 6) is -0.216. The van der Waals surface area contributed by atoms with Crippen molar-refractivity contribution >= 4 is 0 Å². The van der Waals surface area contributed by atoms with Crippen LogP contribution in [0.2, 0.25) is 0 Å². The molecule has 1 aromatic heterocycles. The molecule has 0 fully saturated rings. The minimum atomic E-state index is -0.216. The van der Waals surface area contributed by atoms with Crippen LogP contribution in [0.4, 0.5) is 4.39 Å². The van der Waals surface area contributed by atoms with Gasteiger partial charge in [0.1, 0.15) is 5.82 Å². The quantitative estimate of drug-likeness (QED) is 0.904. The molecule has 1 N–H and O–H groups in total. The Hall–Kier alpha value is -1.74. The molecule has 0 saturated carbocycles. The Bertz CT molecular complexity index is 564. The number of nitrogens with one attached hydrogen (secondary N) is 1. The Balaban J connectivity index is 2.29. The first kappa shape index (κ1) is 13.7. The van der Waals surface area contributed by atoms with E-state index in [9.17, 15) is 4.39 Å². The van der Waals surface area contributed by atoms with Crippen molar-refractivity contribution in [2.75, 3.05) is 0 Å². The first-order valence-corrected chi connectivity index (χ1v) is 6.50. The highest BCUT2D eigenvalue weighted by Crippen LogP contribution is 2.24. The van der Waals surface area contributed by atoms with E-state index in [0.29, 0.717) is 6.04 Å². The minimum Gasteiger partial charge on any atom is -0.310 e. The van der Waals surface area contributed by atoms with Gasteiger partial charge in [-0.1, -0.05) is 19.9 Å². The van der Waals surface area contributed by atoms with Crippen molar-refractivity contribution in [3.8, 4) is 11.1 Å². The molecule has 0 aliphatic rings. The van der Waals surface area contributed by atoms with Gasteiger partial charge in [-0.3, -0.25) is 4.98 Å². The van der Waals surface area contributed by atoms with Gasteiger partial charge in [0, 0.05) is 30.5 Å². The van der Waals surface area contributed by atoms with Crippen LogP contribution in [-0.4, -0.2) is 11.0 Å². The molecule has 0 amide bonds. The van der Waals surface area contributed by atoms with Crippen LogP contribution in [0.15, 0.2) is 36.7 Å². The molecule has 0 radical (unpaired) electrons. The summed E-state index contributed by atoms with van der Waals surface area (Å²) in [5.41, 5.74) is 4.02. The fraction of sp³-hybridized carbons (Fsp3) is 0.312. The lowest BCUT2D eigenvalue weighted by molar-refractivity contribution is 0.588. The summed E-state index contributed by atoms with van der Waals surface area (Å²) >= 11 is 0. The van der Waals surface area contributed by atoms with Crippen LogP contribution in [-0.2, 0) is 6.54 Å². The van der Waals surface area contributed by atoms with E-state index in [1.54, 1.807) is 18.3 Å². The highest BCUT2D eigenvalue weighted by molar-refractivity contribution is 5.66. The summed E-state index contributed by atoms with van der Waals surface area (Å²) in [4.78, 5) is 4.25. The van der Waals surface area contributed by atoms with Gasteiger partial charge >= 0.3 is 0 Å². The summed E-state index contributed by atoms with van der Waals surface area (Å²) in [7, 11) is 0. The van der Waals surface area contributed by atoms with Crippen LogP contribution < -0.4 is 5.32 Å². The van der Waals surface area contributed by atoms with Gasteiger partial charge < -0.3 is 5.32 Å². The van der Waals surface area contributed by atoms with Crippen molar-refractivity contribution in [1.82, 2.24) is 10.3 Å². The first-order valence-electron chi connectivity index (χ1n) is 6.50. The van der Waals surface area contributed by atoms with Crippen LogP contribution >= 0.6 is 0 Å². The van der Waals surface area contributed by atoms with Crippen molar-refractivity contribution < 1.29 is 4.39 Å². The van der Waals surface area contributed by atoms with Gasteiger partial charge in [0.05, 0.1) is 0 Å². The van der Waals surface area contributed by atoms with Crippen molar-refractivity contribution in [2.45, 2.75) is 33.4 Å². The molecule has 0 aliphatic carbocycles. The number of hydrogen-bond acceptors (Lipinski definition) is 2. The summed E-state index contributed by atoms with van der Waals surface area (Å²) in [6.45, 7) is 6.96. The second kappa shape index (κ2) is 5.93. The molecule has 0 atom stereocenters. The number of halogens is 1. The molecular weight excluding hydrogens is 239 g/mol. The Kier molecular flexibility index (Phi) is 4.27. The van der Waals surface area contributed by atoms with Crippen LogP contribution in [0.25, 0.3) is 11.1 Å². The zero-order valence-corrected chi connectivity index (χ0v) is 11.6. The number of aromatic nitrogens is 1. The molecule has 0 spiro atoms. The monoisotopic (exact) mass is 258 g/mol. The van der Waals surface area contributed by atoms with Gasteiger partial charge in [-0.15, -0.1) is 0 Å². The molecule has 3 heteroatoms. The highest BCUT2D eigenvalue weighted by Gasteiger charge is 2.05. The van der Waals surface area contributed by atoms with E-state index in [-0.39, 0.29) is 5.82 Å². The molecule has 0 saturated heterocycles. The smallest absolute Gasteiger partial charge is 0.123 e. The van der Waals surface area contributed by atoms with E-state index in [0.717, 1.165) is 28.8 Å². The van der Waals surface area contributed by atoms with Crippen LogP contribution in [0.5, 0.6) is 0 Å². The maximum absolute atomic E-state index is 13.4. The van der Waals surface area contributed by atoms with E-state index in [2.05, 4.69) is 30.2 Å². The van der Waals surface area contributed by atoms with Crippen LogP contribution in [0.1, 0.15) is 25.0 Å². The van der Waals surface area contributed by atoms with Gasteiger partial charge in [-0.2, -0.15) is 0 Å². The average Bonchev–Trinajstić information content (AvgIpc) is 2.39. The lowest BCUT2D eigenvalue weighted by Crippen LogP contribution is -2.21. The molecule has 0 aliphatic heterocycles. The van der Waals surface area contributed by atoms with Crippen molar-refractivity contribution in [3.63, 3.8) is 0 Å². The fourth-order valence-corrected chi connectivity index (χ4v) is 1.96. The van der Waals surface area contributed by atoms with E-state index in [1.807, 2.05) is 13.1 Å². The maximum Gasteiger partial charge on any atom is 0.123 e. The Morgan fingerprint density at radius 1 is 1.21 bits per heavy atom. The van der Waals surface area contributed by atoms with Crippen molar-refractivity contribution in [2.24, 2.45) is 0 Å². The third-order valence-corrected chi connectivity index (χ3v) is 3.02. The van der Waals surface area contributed by atoms with Crippen LogP contribution in [0.3, 0.4) is 0 Å². The molecule has 1 aromatic carbocycles. The molecule has 0 unspecified atom stereocenters. The Morgan fingerprint density at radius 2 is 2.00 bits per heavy atom. The summed E-state index contributed by atoms with van der Waals surface area (Å²) < 4.78 is 13.4. The zero-order chi connectivity index (χ0) is 13.8. The minimum absolute atomic E-state index is 0.216. The molecular formula is C16H19FN2. The number of rotatable bonds is 4. The number of nitrogens with zero attached hydrogens (tertiary/aromatic N) is 1. The van der Waals surface area contributed by atoms with Gasteiger partial charge in [-0.25, -0.2) is 4.39 Å². The number of pyridine rings is 1. The summed E-state index contributed by atoms with van der Waals surface area (Å²) in [6.07, 6.45) is 3.62. The molecule has 1 heterocycles. The highest BCUT2D eigenvalue weighted by atomic mass is 19.1. The van der Waals surface area contributed by atoms with Gasteiger partial charge in [0.2, 0.25) is 0 Å². The zero-order valence-electron chi connectivity index (χ0n) is 11.6. The molecule has 100 valence electrons. The first-order chi connectivity index (χ1) is 9.06. The topological polar surface area (TPSA) is 24.9 Å². The average molecular weight is 258 g/mol. The molecule has 2 rings (SSSR count). The lowest BCUT2D eigenvalue weighted by Gasteiger charge is -2.10. The van der Waals surface area contributed by atoms with E-state index >= 15 is 0 Å². The lowest BCUT2D eigenvalue weighted by atomic mass is 10.0. The number of hydrogen-bond donors (Lipinski definition) is 1. The maximum atomic E-state index is 13.4. The van der Waals surface area contributed by atoms with Gasteiger partial charge in [0.15, 0.2) is 0 Å². The predicted molar refractivity (Wildman–Crippen MR) is 76.3 cm³/mol. The van der Waals surface area contributed by atoms with Crippen molar-refractivity contribution in [1.29, 1.82) is 0 Å². The standard InChI is InChI=1S/C16H19FN2/c1-11(2)19-9-13-6-14(10-18-8-13)16-7-15(17)5-4-12(16)3/h4-8,10-11,19H,9H2,1-3H3. The van der Waals surface area contributed by atoms with Gasteiger partial charge in [-0.05, 0) is 41.8 Å².